The maximum absolute atomic E-state index is 6.20. The van der Waals surface area contributed by atoms with E-state index in [2.05, 4.69) is 70.3 Å². The van der Waals surface area contributed by atoms with E-state index in [9.17, 15) is 0 Å². The van der Waals surface area contributed by atoms with Crippen LogP contribution in [0.25, 0.3) is 0 Å². The van der Waals surface area contributed by atoms with Crippen LogP contribution >= 0.6 is 0 Å². The third-order valence-corrected chi connectivity index (χ3v) is 8.48. The Kier molecular flexibility index (Phi) is 6.02. The van der Waals surface area contributed by atoms with E-state index < -0.39 is 8.32 Å². The normalized spacial score (nSPS) is 19.5. The molecule has 0 fully saturated rings. The first kappa shape index (κ1) is 16.2. The maximum atomic E-state index is 6.20. The molecule has 0 saturated carbocycles. The summed E-state index contributed by atoms with van der Waals surface area (Å²) in [6, 6.07) is 0. The van der Waals surface area contributed by atoms with Crippen LogP contribution in [0.2, 0.25) is 18.1 Å². The SMILES string of the molecule is CC(C)(C)[Si](C)(C)OCCCC1=C/C=C\C=C/C=C1. The molecule has 0 aromatic carbocycles. The Bertz CT molecular complexity index is 392. The molecule has 0 atom stereocenters. The van der Waals surface area contributed by atoms with Crippen LogP contribution in [0.1, 0.15) is 33.6 Å². The molecular weight excluding hydrogens is 248 g/mol. The number of rotatable bonds is 5. The van der Waals surface area contributed by atoms with Crippen LogP contribution in [0.4, 0.5) is 0 Å². The van der Waals surface area contributed by atoms with E-state index in [1.165, 1.54) is 5.57 Å². The van der Waals surface area contributed by atoms with Crippen LogP contribution in [0.5, 0.6) is 0 Å². The van der Waals surface area contributed by atoms with E-state index in [0.29, 0.717) is 5.04 Å². The highest BCUT2D eigenvalue weighted by atomic mass is 28.4. The van der Waals surface area contributed by atoms with Crippen molar-refractivity contribution in [2.75, 3.05) is 6.61 Å². The fourth-order valence-corrected chi connectivity index (χ4v) is 2.68. The third-order valence-electron chi connectivity index (χ3n) is 3.94. The Morgan fingerprint density at radius 3 is 2.32 bits per heavy atom. The zero-order valence-electron chi connectivity index (χ0n) is 13.1. The van der Waals surface area contributed by atoms with Crippen molar-refractivity contribution in [3.63, 3.8) is 0 Å². The van der Waals surface area contributed by atoms with Crippen molar-refractivity contribution in [1.29, 1.82) is 0 Å². The predicted molar refractivity (Wildman–Crippen MR) is 87.9 cm³/mol. The molecule has 106 valence electrons. The second-order valence-electron chi connectivity index (χ2n) is 6.58. The smallest absolute Gasteiger partial charge is 0.191 e. The van der Waals surface area contributed by atoms with E-state index in [4.69, 9.17) is 4.43 Å². The van der Waals surface area contributed by atoms with Gasteiger partial charge in [0.15, 0.2) is 8.32 Å². The lowest BCUT2D eigenvalue weighted by Crippen LogP contribution is -2.40. The molecule has 0 unspecified atom stereocenters. The minimum absolute atomic E-state index is 0.305. The summed E-state index contributed by atoms with van der Waals surface area (Å²) in [5.74, 6) is 0. The van der Waals surface area contributed by atoms with Crippen LogP contribution in [0.15, 0.2) is 48.1 Å². The van der Waals surface area contributed by atoms with Gasteiger partial charge < -0.3 is 4.43 Å². The zero-order chi connectivity index (χ0) is 14.4. The quantitative estimate of drug-likeness (QED) is 0.483. The van der Waals surface area contributed by atoms with Crippen molar-refractivity contribution in [1.82, 2.24) is 0 Å². The average Bonchev–Trinajstić information content (AvgIpc) is 2.24. The molecule has 0 bridgehead atoms. The Morgan fingerprint density at radius 1 is 1.00 bits per heavy atom. The van der Waals surface area contributed by atoms with Crippen LogP contribution in [-0.2, 0) is 4.43 Å². The van der Waals surface area contributed by atoms with E-state index in [1.54, 1.807) is 0 Å². The molecule has 0 heterocycles. The number of hydrogen-bond donors (Lipinski definition) is 0. The summed E-state index contributed by atoms with van der Waals surface area (Å²) >= 11 is 0. The molecule has 1 aliphatic rings. The van der Waals surface area contributed by atoms with E-state index in [1.807, 2.05) is 6.08 Å². The minimum atomic E-state index is -1.57. The molecule has 19 heavy (non-hydrogen) atoms. The van der Waals surface area contributed by atoms with E-state index in [0.717, 1.165) is 19.4 Å². The van der Waals surface area contributed by atoms with Crippen molar-refractivity contribution in [3.05, 3.63) is 48.1 Å². The molecular formula is C17H28OSi. The number of hydrogen-bond acceptors (Lipinski definition) is 1. The minimum Gasteiger partial charge on any atom is -0.417 e. The van der Waals surface area contributed by atoms with Crippen molar-refractivity contribution in [3.8, 4) is 0 Å². The summed E-state index contributed by atoms with van der Waals surface area (Å²) in [5.41, 5.74) is 1.37. The molecule has 0 amide bonds. The lowest BCUT2D eigenvalue weighted by Gasteiger charge is -2.36. The largest absolute Gasteiger partial charge is 0.417 e. The van der Waals surface area contributed by atoms with Gasteiger partial charge in [0.1, 0.15) is 0 Å². The number of allylic oxidation sites excluding steroid dienone is 8. The maximum Gasteiger partial charge on any atom is 0.191 e. The first-order valence-electron chi connectivity index (χ1n) is 7.17. The fraction of sp³-hybridized carbons (Fsp3) is 0.529. The van der Waals surface area contributed by atoms with Gasteiger partial charge in [-0.2, -0.15) is 0 Å². The molecule has 0 aromatic rings. The standard InChI is InChI=1S/C17H28OSi/c1-17(2,3)19(4,5)18-15-11-14-16-12-9-7-6-8-10-13-16/h6-10,12-13H,11,14-15H2,1-5H3/b7-6-,8-6?,9-7?,10-8-,12-9?,13-10?,16-12?,16-13?. The molecule has 1 nitrogen and oxygen atoms in total. The highest BCUT2D eigenvalue weighted by Gasteiger charge is 2.36. The van der Waals surface area contributed by atoms with Crippen molar-refractivity contribution >= 4 is 8.32 Å². The lowest BCUT2D eigenvalue weighted by molar-refractivity contribution is 0.283. The first-order chi connectivity index (χ1) is 8.83. The van der Waals surface area contributed by atoms with Crippen molar-refractivity contribution in [2.45, 2.75) is 51.7 Å². The Morgan fingerprint density at radius 2 is 1.63 bits per heavy atom. The summed E-state index contributed by atoms with van der Waals surface area (Å²) < 4.78 is 6.20. The van der Waals surface area contributed by atoms with Gasteiger partial charge in [0, 0.05) is 6.61 Å². The monoisotopic (exact) mass is 276 g/mol. The van der Waals surface area contributed by atoms with Crippen LogP contribution < -0.4 is 0 Å². The second kappa shape index (κ2) is 7.06. The highest BCUT2D eigenvalue weighted by Crippen LogP contribution is 2.36. The molecule has 0 aliphatic heterocycles. The van der Waals surface area contributed by atoms with Gasteiger partial charge in [0.25, 0.3) is 0 Å². The van der Waals surface area contributed by atoms with Crippen molar-refractivity contribution in [2.24, 2.45) is 0 Å². The van der Waals surface area contributed by atoms with Crippen LogP contribution in [-0.4, -0.2) is 14.9 Å². The average molecular weight is 276 g/mol. The molecule has 0 saturated heterocycles. The van der Waals surface area contributed by atoms with Gasteiger partial charge in [-0.25, -0.2) is 0 Å². The lowest BCUT2D eigenvalue weighted by atomic mass is 10.1. The Hall–Kier alpha value is -0.863. The molecule has 0 aromatic heterocycles. The Balaban J connectivity index is 2.35. The summed E-state index contributed by atoms with van der Waals surface area (Å²) in [6.07, 6.45) is 16.9. The van der Waals surface area contributed by atoms with Gasteiger partial charge in [-0.05, 0) is 36.5 Å². The van der Waals surface area contributed by atoms with Gasteiger partial charge in [-0.15, -0.1) is 0 Å². The summed E-state index contributed by atoms with van der Waals surface area (Å²) in [4.78, 5) is 0. The molecule has 1 rings (SSSR count). The topological polar surface area (TPSA) is 9.23 Å². The van der Waals surface area contributed by atoms with Gasteiger partial charge >= 0.3 is 0 Å². The summed E-state index contributed by atoms with van der Waals surface area (Å²) in [7, 11) is -1.57. The molecule has 0 spiro atoms. The molecule has 0 radical (unpaired) electrons. The second-order valence-corrected chi connectivity index (χ2v) is 11.4. The van der Waals surface area contributed by atoms with Gasteiger partial charge in [-0.3, -0.25) is 0 Å². The van der Waals surface area contributed by atoms with Gasteiger partial charge in [0.05, 0.1) is 0 Å². The third kappa shape index (κ3) is 5.75. The summed E-state index contributed by atoms with van der Waals surface area (Å²) in [5, 5.41) is 0.305. The zero-order valence-corrected chi connectivity index (χ0v) is 14.1. The fourth-order valence-electron chi connectivity index (χ4n) is 1.59. The van der Waals surface area contributed by atoms with Gasteiger partial charge in [0.2, 0.25) is 0 Å². The van der Waals surface area contributed by atoms with Crippen LogP contribution in [0, 0.1) is 0 Å². The molecule has 2 heteroatoms. The van der Waals surface area contributed by atoms with E-state index >= 15 is 0 Å². The van der Waals surface area contributed by atoms with Crippen LogP contribution in [0.3, 0.4) is 0 Å². The van der Waals surface area contributed by atoms with E-state index in [-0.39, 0.29) is 0 Å². The highest BCUT2D eigenvalue weighted by molar-refractivity contribution is 6.74. The molecule has 0 N–H and O–H groups in total. The summed E-state index contributed by atoms with van der Waals surface area (Å²) in [6.45, 7) is 12.4. The first-order valence-corrected chi connectivity index (χ1v) is 10.1. The van der Waals surface area contributed by atoms with Gasteiger partial charge in [-0.1, -0.05) is 63.3 Å². The Labute approximate surface area is 119 Å². The molecule has 1 aliphatic carbocycles. The predicted octanol–water partition coefficient (Wildman–Crippen LogP) is 5.40. The van der Waals surface area contributed by atoms with Crippen molar-refractivity contribution < 1.29 is 4.43 Å².